The number of hydrogen-bond acceptors (Lipinski definition) is 6. The molecule has 0 aliphatic carbocycles. The maximum atomic E-state index is 11.4. The van der Waals surface area contributed by atoms with Crippen LogP contribution in [0.15, 0.2) is 59.2 Å². The lowest BCUT2D eigenvalue weighted by Gasteiger charge is -2.31. The minimum Gasteiger partial charge on any atom is -0.393 e. The van der Waals surface area contributed by atoms with Gasteiger partial charge in [0.05, 0.1) is 10.4 Å². The molecule has 23 heavy (non-hydrogen) atoms. The molecule has 2 aromatic rings. The fourth-order valence-corrected chi connectivity index (χ4v) is 3.01. The van der Waals surface area contributed by atoms with Crippen LogP contribution < -0.4 is 16.8 Å². The summed E-state index contributed by atoms with van der Waals surface area (Å²) in [4.78, 5) is 15.0. The lowest BCUT2D eigenvalue weighted by molar-refractivity contribution is -0.437. The van der Waals surface area contributed by atoms with Crippen LogP contribution in [0.1, 0.15) is 5.56 Å². The van der Waals surface area contributed by atoms with Crippen LogP contribution in [0.25, 0.3) is 10.9 Å². The molecule has 2 heterocycles. The van der Waals surface area contributed by atoms with Gasteiger partial charge in [0.15, 0.2) is 5.66 Å². The van der Waals surface area contributed by atoms with E-state index in [1.807, 2.05) is 30.3 Å². The minimum atomic E-state index is -1.49. The third kappa shape index (κ3) is 2.84. The molecule has 3 rings (SSSR count). The topological polar surface area (TPSA) is 120 Å². The van der Waals surface area contributed by atoms with Crippen molar-refractivity contribution in [2.24, 2.45) is 11.5 Å². The number of hydrogen-bond donors (Lipinski definition) is 3. The second-order valence-corrected chi connectivity index (χ2v) is 5.76. The third-order valence-electron chi connectivity index (χ3n) is 3.65. The standard InChI is InChI=1S/C15H14ClN5O2/c16-13-7-11(17)14(21(22)23)15(18,20-13)8-9-3-4-12-10(6-9)2-1-5-19-12/h1-7,20H,8,17-18H2. The smallest absolute Gasteiger partial charge is 0.308 e. The Kier molecular flexibility index (Phi) is 3.67. The number of aromatic nitrogens is 1. The molecule has 0 amide bonds. The van der Waals surface area contributed by atoms with Gasteiger partial charge in [0.1, 0.15) is 10.9 Å². The number of benzene rings is 1. The highest BCUT2D eigenvalue weighted by Crippen LogP contribution is 2.27. The normalized spacial score (nSPS) is 21.0. The van der Waals surface area contributed by atoms with Crippen LogP contribution in [0.4, 0.5) is 0 Å². The highest BCUT2D eigenvalue weighted by atomic mass is 35.5. The second kappa shape index (κ2) is 5.53. The van der Waals surface area contributed by atoms with Crippen molar-refractivity contribution in [2.75, 3.05) is 0 Å². The Bertz CT molecular complexity index is 864. The third-order valence-corrected chi connectivity index (χ3v) is 3.86. The van der Waals surface area contributed by atoms with Crippen LogP contribution >= 0.6 is 11.6 Å². The van der Waals surface area contributed by atoms with Crippen LogP contribution in [0.2, 0.25) is 0 Å². The van der Waals surface area contributed by atoms with Crippen molar-refractivity contribution in [2.45, 2.75) is 12.1 Å². The van der Waals surface area contributed by atoms with Crippen molar-refractivity contribution < 1.29 is 4.92 Å². The van der Waals surface area contributed by atoms with E-state index in [-0.39, 0.29) is 23.0 Å². The predicted octanol–water partition coefficient (Wildman–Crippen LogP) is 1.56. The van der Waals surface area contributed by atoms with E-state index >= 15 is 0 Å². The summed E-state index contributed by atoms with van der Waals surface area (Å²) in [6, 6.07) is 9.29. The molecular formula is C15H14ClN5O2. The molecule has 0 bridgehead atoms. The molecule has 5 N–H and O–H groups in total. The second-order valence-electron chi connectivity index (χ2n) is 5.36. The van der Waals surface area contributed by atoms with Crippen LogP contribution in [0.3, 0.4) is 0 Å². The number of halogens is 1. The highest BCUT2D eigenvalue weighted by Gasteiger charge is 2.44. The quantitative estimate of drug-likeness (QED) is 0.446. The van der Waals surface area contributed by atoms with Gasteiger partial charge in [-0.05, 0) is 23.8 Å². The van der Waals surface area contributed by atoms with Gasteiger partial charge in [0, 0.05) is 24.1 Å². The lowest BCUT2D eigenvalue weighted by Crippen LogP contribution is -2.59. The SMILES string of the molecule is NC1=C([N+](=O)[O-])C(N)(Cc2ccc3ncccc3c2)NC(Cl)=C1. The first-order chi connectivity index (χ1) is 10.9. The largest absolute Gasteiger partial charge is 0.393 e. The van der Waals surface area contributed by atoms with Gasteiger partial charge in [0.25, 0.3) is 0 Å². The van der Waals surface area contributed by atoms with E-state index in [4.69, 9.17) is 23.1 Å². The maximum absolute atomic E-state index is 11.4. The van der Waals surface area contributed by atoms with Crippen LogP contribution in [0.5, 0.6) is 0 Å². The number of fused-ring (bicyclic) bond motifs is 1. The molecule has 0 spiro atoms. The maximum Gasteiger partial charge on any atom is 0.308 e. The van der Waals surface area contributed by atoms with Crippen molar-refractivity contribution in [3.8, 4) is 0 Å². The Balaban J connectivity index is 2.02. The molecule has 0 radical (unpaired) electrons. The molecule has 1 aliphatic rings. The highest BCUT2D eigenvalue weighted by molar-refractivity contribution is 6.29. The van der Waals surface area contributed by atoms with Crippen molar-refractivity contribution in [1.29, 1.82) is 0 Å². The number of nitrogens with zero attached hydrogens (tertiary/aromatic N) is 2. The average molecular weight is 332 g/mol. The number of nitrogens with two attached hydrogens (primary N) is 2. The molecule has 8 heteroatoms. The zero-order chi connectivity index (χ0) is 16.6. The van der Waals surface area contributed by atoms with E-state index < -0.39 is 10.6 Å². The first kappa shape index (κ1) is 15.3. The molecule has 0 saturated heterocycles. The summed E-state index contributed by atoms with van der Waals surface area (Å²) in [5, 5.41) is 15.2. The molecule has 1 unspecified atom stereocenters. The molecule has 0 fully saturated rings. The first-order valence-electron chi connectivity index (χ1n) is 6.81. The van der Waals surface area contributed by atoms with Gasteiger partial charge in [-0.2, -0.15) is 0 Å². The van der Waals surface area contributed by atoms with E-state index in [1.165, 1.54) is 6.08 Å². The lowest BCUT2D eigenvalue weighted by atomic mass is 9.93. The van der Waals surface area contributed by atoms with Crippen molar-refractivity contribution in [3.63, 3.8) is 0 Å². The Hall–Kier alpha value is -2.64. The molecule has 1 aromatic heterocycles. The van der Waals surface area contributed by atoms with Crippen molar-refractivity contribution in [1.82, 2.24) is 10.3 Å². The van der Waals surface area contributed by atoms with Crippen molar-refractivity contribution >= 4 is 22.5 Å². The minimum absolute atomic E-state index is 0.0521. The van der Waals surface area contributed by atoms with E-state index in [0.717, 1.165) is 16.5 Å². The first-order valence-corrected chi connectivity index (χ1v) is 7.19. The summed E-state index contributed by atoms with van der Waals surface area (Å²) < 4.78 is 0. The summed E-state index contributed by atoms with van der Waals surface area (Å²) in [7, 11) is 0. The number of nitrogens with one attached hydrogen (secondary N) is 1. The number of dihydropyridines is 1. The number of rotatable bonds is 3. The van der Waals surface area contributed by atoms with Gasteiger partial charge < -0.3 is 11.1 Å². The van der Waals surface area contributed by atoms with Gasteiger partial charge >= 0.3 is 5.70 Å². The monoisotopic (exact) mass is 331 g/mol. The zero-order valence-corrected chi connectivity index (χ0v) is 12.7. The summed E-state index contributed by atoms with van der Waals surface area (Å²) in [6.07, 6.45) is 3.14. The fraction of sp³-hybridized carbons (Fsp3) is 0.133. The molecule has 0 saturated carbocycles. The van der Waals surface area contributed by atoms with Crippen molar-refractivity contribution in [3.05, 3.63) is 74.8 Å². The van der Waals surface area contributed by atoms with Crippen LogP contribution in [-0.2, 0) is 6.42 Å². The van der Waals surface area contributed by atoms with Crippen LogP contribution in [0, 0.1) is 10.1 Å². The number of allylic oxidation sites excluding steroid dienone is 1. The average Bonchev–Trinajstić information content (AvgIpc) is 2.45. The van der Waals surface area contributed by atoms with Gasteiger partial charge in [0.2, 0.25) is 0 Å². The summed E-state index contributed by atoms with van der Waals surface area (Å²) in [5.74, 6) is 0. The molecule has 1 aliphatic heterocycles. The fourth-order valence-electron chi connectivity index (χ4n) is 2.72. The van der Waals surface area contributed by atoms with E-state index in [2.05, 4.69) is 10.3 Å². The Morgan fingerprint density at radius 3 is 2.91 bits per heavy atom. The summed E-state index contributed by atoms with van der Waals surface area (Å²) in [5.41, 5.74) is 11.8. The Labute approximate surface area is 136 Å². The molecular weight excluding hydrogens is 318 g/mol. The molecule has 7 nitrogen and oxygen atoms in total. The molecule has 1 atom stereocenters. The van der Waals surface area contributed by atoms with E-state index in [1.54, 1.807) is 6.20 Å². The van der Waals surface area contributed by atoms with E-state index in [9.17, 15) is 10.1 Å². The predicted molar refractivity (Wildman–Crippen MR) is 87.6 cm³/mol. The van der Waals surface area contributed by atoms with Gasteiger partial charge in [-0.3, -0.25) is 20.8 Å². The summed E-state index contributed by atoms with van der Waals surface area (Å²) >= 11 is 5.95. The van der Waals surface area contributed by atoms with Gasteiger partial charge in [-0.1, -0.05) is 23.7 Å². The number of nitro groups is 1. The van der Waals surface area contributed by atoms with Crippen LogP contribution in [-0.4, -0.2) is 15.6 Å². The zero-order valence-electron chi connectivity index (χ0n) is 12.0. The molecule has 118 valence electrons. The van der Waals surface area contributed by atoms with E-state index in [0.29, 0.717) is 0 Å². The van der Waals surface area contributed by atoms with Gasteiger partial charge in [-0.15, -0.1) is 0 Å². The van der Waals surface area contributed by atoms with Gasteiger partial charge in [-0.25, -0.2) is 0 Å². The molecule has 1 aromatic carbocycles. The number of pyridine rings is 1. The Morgan fingerprint density at radius 1 is 1.39 bits per heavy atom. The summed E-state index contributed by atoms with van der Waals surface area (Å²) in [6.45, 7) is 0. The Morgan fingerprint density at radius 2 is 2.17 bits per heavy atom.